The molecule has 100 valence electrons. The van der Waals surface area contributed by atoms with Crippen molar-refractivity contribution in [2.75, 3.05) is 19.4 Å². The summed E-state index contributed by atoms with van der Waals surface area (Å²) in [6, 6.07) is 0.684. The van der Waals surface area contributed by atoms with Crippen LogP contribution in [0.25, 0.3) is 0 Å². The van der Waals surface area contributed by atoms with Crippen LogP contribution in [0.4, 0.5) is 5.69 Å². The topological polar surface area (TPSA) is 100 Å². The minimum atomic E-state index is -3.79. The van der Waals surface area contributed by atoms with Gasteiger partial charge in [-0.2, -0.15) is 4.72 Å². The Morgan fingerprint density at radius 2 is 2.06 bits per heavy atom. The number of nitrogens with zero attached hydrogens (tertiary/aromatic N) is 1. The first kappa shape index (κ1) is 14.4. The number of hydrogen-bond acceptors (Lipinski definition) is 5. The summed E-state index contributed by atoms with van der Waals surface area (Å²) >= 11 is 0. The molecule has 1 unspecified atom stereocenters. The van der Waals surface area contributed by atoms with Gasteiger partial charge < -0.3 is 10.6 Å². The SMILES string of the molecule is CNC(=O)C(C)NS(=O)(=O)c1cnccc1NC. The highest BCUT2D eigenvalue weighted by molar-refractivity contribution is 7.89. The van der Waals surface area contributed by atoms with E-state index in [1.807, 2.05) is 0 Å². The van der Waals surface area contributed by atoms with Gasteiger partial charge in [0.2, 0.25) is 15.9 Å². The summed E-state index contributed by atoms with van der Waals surface area (Å²) in [5.41, 5.74) is 0.418. The van der Waals surface area contributed by atoms with E-state index in [2.05, 4.69) is 20.3 Å². The van der Waals surface area contributed by atoms with Gasteiger partial charge in [0.1, 0.15) is 4.90 Å². The lowest BCUT2D eigenvalue weighted by molar-refractivity contribution is -0.121. The van der Waals surface area contributed by atoms with Crippen LogP contribution in [-0.4, -0.2) is 39.4 Å². The van der Waals surface area contributed by atoms with Crippen molar-refractivity contribution in [3.05, 3.63) is 18.5 Å². The second-order valence-electron chi connectivity index (χ2n) is 3.58. The van der Waals surface area contributed by atoms with Crippen LogP contribution in [0.1, 0.15) is 6.92 Å². The number of nitrogens with one attached hydrogen (secondary N) is 3. The Morgan fingerprint density at radius 3 is 2.61 bits per heavy atom. The Balaban J connectivity index is 3.03. The van der Waals surface area contributed by atoms with Gasteiger partial charge in [0.15, 0.2) is 0 Å². The molecule has 0 aliphatic rings. The fraction of sp³-hybridized carbons (Fsp3) is 0.400. The van der Waals surface area contributed by atoms with Crippen molar-refractivity contribution < 1.29 is 13.2 Å². The molecule has 0 saturated heterocycles. The summed E-state index contributed by atoms with van der Waals surface area (Å²) in [6.07, 6.45) is 2.71. The number of aromatic nitrogens is 1. The molecule has 1 amide bonds. The van der Waals surface area contributed by atoms with E-state index in [9.17, 15) is 13.2 Å². The molecule has 1 rings (SSSR count). The zero-order valence-corrected chi connectivity index (χ0v) is 11.2. The molecule has 8 heteroatoms. The molecular formula is C10H16N4O3S. The zero-order chi connectivity index (χ0) is 13.8. The van der Waals surface area contributed by atoms with Crippen LogP contribution in [0.15, 0.2) is 23.4 Å². The van der Waals surface area contributed by atoms with E-state index in [1.165, 1.54) is 26.4 Å². The summed E-state index contributed by atoms with van der Waals surface area (Å²) in [6.45, 7) is 1.46. The van der Waals surface area contributed by atoms with Crippen LogP contribution in [0.2, 0.25) is 0 Å². The third kappa shape index (κ3) is 3.17. The van der Waals surface area contributed by atoms with Gasteiger partial charge in [-0.15, -0.1) is 0 Å². The smallest absolute Gasteiger partial charge is 0.244 e. The van der Waals surface area contributed by atoms with Crippen molar-refractivity contribution in [1.82, 2.24) is 15.0 Å². The molecule has 7 nitrogen and oxygen atoms in total. The molecule has 0 bridgehead atoms. The Labute approximate surface area is 106 Å². The first-order chi connectivity index (χ1) is 8.42. The van der Waals surface area contributed by atoms with Crippen LogP contribution < -0.4 is 15.4 Å². The van der Waals surface area contributed by atoms with E-state index in [1.54, 1.807) is 13.1 Å². The second kappa shape index (κ2) is 5.78. The molecule has 0 aliphatic carbocycles. The molecule has 3 N–H and O–H groups in total. The number of hydrogen-bond donors (Lipinski definition) is 3. The first-order valence-electron chi connectivity index (χ1n) is 5.28. The maximum atomic E-state index is 12.1. The minimum absolute atomic E-state index is 0.00301. The summed E-state index contributed by atoms with van der Waals surface area (Å²) in [5, 5.41) is 5.13. The molecule has 0 aromatic carbocycles. The highest BCUT2D eigenvalue weighted by atomic mass is 32.2. The summed E-state index contributed by atoms with van der Waals surface area (Å²) < 4.78 is 26.4. The molecule has 1 aromatic heterocycles. The highest BCUT2D eigenvalue weighted by Crippen LogP contribution is 2.18. The molecule has 1 aromatic rings. The van der Waals surface area contributed by atoms with Crippen molar-refractivity contribution in [2.45, 2.75) is 17.9 Å². The van der Waals surface area contributed by atoms with E-state index in [-0.39, 0.29) is 4.90 Å². The molecule has 0 saturated carbocycles. The normalized spacial score (nSPS) is 12.8. The standard InChI is InChI=1S/C10H16N4O3S/c1-7(10(15)12-3)14-18(16,17)9-6-13-5-4-8(9)11-2/h4-7,14H,1-3H3,(H,11,13)(H,12,15). The average molecular weight is 272 g/mol. The van der Waals surface area contributed by atoms with Crippen molar-refractivity contribution in [3.8, 4) is 0 Å². The lowest BCUT2D eigenvalue weighted by atomic mass is 10.3. The lowest BCUT2D eigenvalue weighted by Crippen LogP contribution is -2.43. The Morgan fingerprint density at radius 1 is 1.39 bits per heavy atom. The van der Waals surface area contributed by atoms with Gasteiger partial charge >= 0.3 is 0 Å². The van der Waals surface area contributed by atoms with Gasteiger partial charge in [0, 0.05) is 26.5 Å². The quantitative estimate of drug-likeness (QED) is 0.673. The predicted molar refractivity (Wildman–Crippen MR) is 67.6 cm³/mol. The van der Waals surface area contributed by atoms with Crippen LogP contribution in [0.5, 0.6) is 0 Å². The van der Waals surface area contributed by atoms with Gasteiger partial charge in [-0.05, 0) is 13.0 Å². The van der Waals surface area contributed by atoms with Crippen LogP contribution in [-0.2, 0) is 14.8 Å². The van der Waals surface area contributed by atoms with E-state index in [0.717, 1.165) is 0 Å². The van der Waals surface area contributed by atoms with Crippen LogP contribution in [0.3, 0.4) is 0 Å². The number of amides is 1. The summed E-state index contributed by atoms with van der Waals surface area (Å²) in [5.74, 6) is -0.409. The van der Waals surface area contributed by atoms with Crippen molar-refractivity contribution in [2.24, 2.45) is 0 Å². The van der Waals surface area contributed by atoms with Crippen LogP contribution in [0, 0.1) is 0 Å². The van der Waals surface area contributed by atoms with E-state index in [0.29, 0.717) is 5.69 Å². The molecule has 0 fully saturated rings. The number of sulfonamides is 1. The van der Waals surface area contributed by atoms with Gasteiger partial charge in [-0.25, -0.2) is 8.42 Å². The molecule has 1 atom stereocenters. The molecule has 1 heterocycles. The zero-order valence-electron chi connectivity index (χ0n) is 10.4. The summed E-state index contributed by atoms with van der Waals surface area (Å²) in [4.78, 5) is 15.1. The first-order valence-corrected chi connectivity index (χ1v) is 6.76. The van der Waals surface area contributed by atoms with Crippen molar-refractivity contribution in [3.63, 3.8) is 0 Å². The number of rotatable bonds is 5. The van der Waals surface area contributed by atoms with E-state index in [4.69, 9.17) is 0 Å². The molecule has 0 aliphatic heterocycles. The van der Waals surface area contributed by atoms with Gasteiger partial charge in [0.05, 0.1) is 11.7 Å². The Bertz CT molecular complexity index is 530. The fourth-order valence-electron chi connectivity index (χ4n) is 1.37. The highest BCUT2D eigenvalue weighted by Gasteiger charge is 2.23. The number of anilines is 1. The minimum Gasteiger partial charge on any atom is -0.387 e. The summed E-state index contributed by atoms with van der Waals surface area (Å²) in [7, 11) is -0.745. The largest absolute Gasteiger partial charge is 0.387 e. The predicted octanol–water partition coefficient (Wildman–Crippen LogP) is -0.464. The van der Waals surface area contributed by atoms with E-state index < -0.39 is 22.0 Å². The number of likely N-dealkylation sites (N-methyl/N-ethyl adjacent to an activating group) is 1. The lowest BCUT2D eigenvalue weighted by Gasteiger charge is -2.14. The molecular weight excluding hydrogens is 256 g/mol. The fourth-order valence-corrected chi connectivity index (χ4v) is 2.73. The maximum absolute atomic E-state index is 12.1. The third-order valence-electron chi connectivity index (χ3n) is 2.31. The molecule has 18 heavy (non-hydrogen) atoms. The molecule has 0 radical (unpaired) electrons. The third-order valence-corrected chi connectivity index (χ3v) is 3.88. The second-order valence-corrected chi connectivity index (χ2v) is 5.26. The van der Waals surface area contributed by atoms with Gasteiger partial charge in [-0.3, -0.25) is 9.78 Å². The number of carbonyl (C=O) groups excluding carboxylic acids is 1. The Kier molecular flexibility index (Phi) is 4.62. The monoisotopic (exact) mass is 272 g/mol. The van der Waals surface area contributed by atoms with Gasteiger partial charge in [0.25, 0.3) is 0 Å². The van der Waals surface area contributed by atoms with Gasteiger partial charge in [-0.1, -0.05) is 0 Å². The van der Waals surface area contributed by atoms with Crippen molar-refractivity contribution >= 4 is 21.6 Å². The number of carbonyl (C=O) groups is 1. The maximum Gasteiger partial charge on any atom is 0.244 e. The number of pyridine rings is 1. The van der Waals surface area contributed by atoms with Crippen LogP contribution >= 0.6 is 0 Å². The average Bonchev–Trinajstić information content (AvgIpc) is 2.37. The molecule has 0 spiro atoms. The van der Waals surface area contributed by atoms with E-state index >= 15 is 0 Å². The van der Waals surface area contributed by atoms with Crippen molar-refractivity contribution in [1.29, 1.82) is 0 Å². The Hall–Kier alpha value is -1.67.